The maximum absolute atomic E-state index is 13.0. The standard InChI is InChI=1S/C20H14N4O2/c1-26-14-8-6-13(7-9-14)23-11-10-17-15(19(23)25)12-21-20-22-16-4-2-3-5-18(16)24(17)20/h2-12H,1H3. The Balaban J connectivity index is 1.81. The number of fused-ring (bicyclic) bond motifs is 5. The van der Waals surface area contributed by atoms with E-state index < -0.39 is 0 Å². The molecular formula is C20H14N4O2. The maximum atomic E-state index is 13.0. The quantitative estimate of drug-likeness (QED) is 0.494. The summed E-state index contributed by atoms with van der Waals surface area (Å²) in [5, 5.41) is 0.541. The molecule has 3 heterocycles. The summed E-state index contributed by atoms with van der Waals surface area (Å²) in [7, 11) is 1.61. The molecule has 0 N–H and O–H groups in total. The van der Waals surface area contributed by atoms with Crippen LogP contribution in [0.1, 0.15) is 0 Å². The van der Waals surface area contributed by atoms with Crippen LogP contribution in [-0.4, -0.2) is 26.0 Å². The van der Waals surface area contributed by atoms with Crippen molar-refractivity contribution in [1.82, 2.24) is 18.9 Å². The average Bonchev–Trinajstić information content (AvgIpc) is 3.07. The van der Waals surface area contributed by atoms with Gasteiger partial charge in [0.05, 0.1) is 29.0 Å². The van der Waals surface area contributed by atoms with E-state index in [4.69, 9.17) is 4.74 Å². The molecule has 0 unspecified atom stereocenters. The summed E-state index contributed by atoms with van der Waals surface area (Å²) in [5.41, 5.74) is 3.22. The molecular weight excluding hydrogens is 328 g/mol. The summed E-state index contributed by atoms with van der Waals surface area (Å²) >= 11 is 0. The number of nitrogens with zero attached hydrogens (tertiary/aromatic N) is 4. The number of hydrogen-bond acceptors (Lipinski definition) is 4. The van der Waals surface area contributed by atoms with Gasteiger partial charge in [-0.1, -0.05) is 12.1 Å². The number of methoxy groups -OCH3 is 1. The van der Waals surface area contributed by atoms with Gasteiger partial charge in [0.15, 0.2) is 0 Å². The van der Waals surface area contributed by atoms with Gasteiger partial charge in [0, 0.05) is 18.1 Å². The number of para-hydroxylation sites is 2. The van der Waals surface area contributed by atoms with Gasteiger partial charge in [-0.05, 0) is 42.5 Å². The van der Waals surface area contributed by atoms with Gasteiger partial charge in [0.2, 0.25) is 5.78 Å². The van der Waals surface area contributed by atoms with Gasteiger partial charge in [0.1, 0.15) is 5.75 Å². The van der Waals surface area contributed by atoms with Gasteiger partial charge in [-0.15, -0.1) is 0 Å². The Bertz CT molecular complexity index is 1330. The lowest BCUT2D eigenvalue weighted by molar-refractivity contribution is 0.414. The fraction of sp³-hybridized carbons (Fsp3) is 0.0500. The van der Waals surface area contributed by atoms with Crippen LogP contribution in [-0.2, 0) is 0 Å². The second-order valence-electron chi connectivity index (χ2n) is 5.98. The van der Waals surface area contributed by atoms with E-state index in [1.165, 1.54) is 0 Å². The molecule has 0 atom stereocenters. The van der Waals surface area contributed by atoms with Gasteiger partial charge in [0.25, 0.3) is 5.56 Å². The Morgan fingerprint density at radius 3 is 2.58 bits per heavy atom. The molecule has 6 nitrogen and oxygen atoms in total. The molecule has 5 aromatic rings. The largest absolute Gasteiger partial charge is 0.497 e. The van der Waals surface area contributed by atoms with Crippen LogP contribution in [0.2, 0.25) is 0 Å². The molecule has 0 aliphatic carbocycles. The van der Waals surface area contributed by atoms with Crippen LogP contribution < -0.4 is 10.3 Å². The van der Waals surface area contributed by atoms with Crippen molar-refractivity contribution in [3.63, 3.8) is 0 Å². The van der Waals surface area contributed by atoms with E-state index in [0.29, 0.717) is 11.2 Å². The molecule has 5 rings (SSSR count). The van der Waals surface area contributed by atoms with Crippen molar-refractivity contribution >= 4 is 27.7 Å². The number of imidazole rings is 1. The Hall–Kier alpha value is -3.67. The summed E-state index contributed by atoms with van der Waals surface area (Å²) in [4.78, 5) is 22.0. The first-order valence-corrected chi connectivity index (χ1v) is 8.18. The average molecular weight is 342 g/mol. The summed E-state index contributed by atoms with van der Waals surface area (Å²) in [5.74, 6) is 1.33. The number of aromatic nitrogens is 4. The van der Waals surface area contributed by atoms with Gasteiger partial charge in [-0.2, -0.15) is 0 Å². The van der Waals surface area contributed by atoms with E-state index in [-0.39, 0.29) is 5.56 Å². The minimum atomic E-state index is -0.125. The number of pyridine rings is 1. The predicted molar refractivity (Wildman–Crippen MR) is 100 cm³/mol. The summed E-state index contributed by atoms with van der Waals surface area (Å²) < 4.78 is 8.70. The fourth-order valence-corrected chi connectivity index (χ4v) is 3.26. The zero-order chi connectivity index (χ0) is 17.7. The Kier molecular flexibility index (Phi) is 3.05. The van der Waals surface area contributed by atoms with Gasteiger partial charge < -0.3 is 4.74 Å². The monoisotopic (exact) mass is 342 g/mol. The lowest BCUT2D eigenvalue weighted by atomic mass is 10.2. The van der Waals surface area contributed by atoms with Crippen LogP contribution in [0.25, 0.3) is 33.4 Å². The van der Waals surface area contributed by atoms with Crippen molar-refractivity contribution in [3.05, 3.63) is 77.3 Å². The molecule has 6 heteroatoms. The van der Waals surface area contributed by atoms with Crippen molar-refractivity contribution in [2.24, 2.45) is 0 Å². The van der Waals surface area contributed by atoms with Gasteiger partial charge in [-0.3, -0.25) is 13.8 Å². The molecule has 0 saturated carbocycles. The van der Waals surface area contributed by atoms with E-state index in [1.54, 1.807) is 24.1 Å². The lowest BCUT2D eigenvalue weighted by Crippen LogP contribution is -2.18. The van der Waals surface area contributed by atoms with Crippen LogP contribution in [0.3, 0.4) is 0 Å². The maximum Gasteiger partial charge on any atom is 0.266 e. The summed E-state index contributed by atoms with van der Waals surface area (Å²) in [6.07, 6.45) is 3.37. The molecule has 0 bridgehead atoms. The Labute approximate surface area is 147 Å². The first kappa shape index (κ1) is 14.7. The Morgan fingerprint density at radius 2 is 1.77 bits per heavy atom. The molecule has 0 saturated heterocycles. The highest BCUT2D eigenvalue weighted by atomic mass is 16.5. The third-order valence-corrected chi connectivity index (χ3v) is 4.55. The number of hydrogen-bond donors (Lipinski definition) is 0. The van der Waals surface area contributed by atoms with Crippen LogP contribution in [0, 0.1) is 0 Å². The van der Waals surface area contributed by atoms with Gasteiger partial charge in [-0.25, -0.2) is 9.97 Å². The van der Waals surface area contributed by atoms with E-state index in [1.807, 2.05) is 59.0 Å². The smallest absolute Gasteiger partial charge is 0.266 e. The SMILES string of the molecule is COc1ccc(-n2ccc3c(cnc4nc5ccccc5n43)c2=O)cc1. The highest BCUT2D eigenvalue weighted by Crippen LogP contribution is 2.21. The van der Waals surface area contributed by atoms with E-state index in [9.17, 15) is 4.79 Å². The first-order chi connectivity index (χ1) is 12.8. The fourth-order valence-electron chi connectivity index (χ4n) is 3.26. The molecule has 26 heavy (non-hydrogen) atoms. The van der Waals surface area contributed by atoms with Crippen LogP contribution >= 0.6 is 0 Å². The molecule has 0 spiro atoms. The van der Waals surface area contributed by atoms with E-state index >= 15 is 0 Å². The summed E-state index contributed by atoms with van der Waals surface area (Å²) in [6, 6.07) is 17.1. The molecule has 0 aliphatic rings. The second-order valence-corrected chi connectivity index (χ2v) is 5.98. The zero-order valence-corrected chi connectivity index (χ0v) is 14.0. The van der Waals surface area contributed by atoms with Crippen molar-refractivity contribution < 1.29 is 4.74 Å². The molecule has 0 fully saturated rings. The first-order valence-electron chi connectivity index (χ1n) is 8.18. The molecule has 0 aliphatic heterocycles. The molecule has 2 aromatic carbocycles. The predicted octanol–water partition coefficient (Wildman–Crippen LogP) is 3.20. The highest BCUT2D eigenvalue weighted by molar-refractivity contribution is 5.88. The van der Waals surface area contributed by atoms with Crippen LogP contribution in [0.4, 0.5) is 0 Å². The normalized spacial score (nSPS) is 11.4. The second kappa shape index (κ2) is 5.42. The lowest BCUT2D eigenvalue weighted by Gasteiger charge is -2.09. The van der Waals surface area contributed by atoms with Crippen LogP contribution in [0.5, 0.6) is 5.75 Å². The van der Waals surface area contributed by atoms with Crippen LogP contribution in [0.15, 0.2) is 71.8 Å². The minimum absolute atomic E-state index is 0.125. The van der Waals surface area contributed by atoms with Crippen molar-refractivity contribution in [2.75, 3.05) is 7.11 Å². The van der Waals surface area contributed by atoms with E-state index in [2.05, 4.69) is 9.97 Å². The third-order valence-electron chi connectivity index (χ3n) is 4.55. The molecule has 3 aromatic heterocycles. The minimum Gasteiger partial charge on any atom is -0.497 e. The molecule has 126 valence electrons. The highest BCUT2D eigenvalue weighted by Gasteiger charge is 2.12. The molecule has 0 amide bonds. The van der Waals surface area contributed by atoms with Gasteiger partial charge >= 0.3 is 0 Å². The number of rotatable bonds is 2. The Morgan fingerprint density at radius 1 is 0.962 bits per heavy atom. The van der Waals surface area contributed by atoms with Crippen molar-refractivity contribution in [1.29, 1.82) is 0 Å². The number of benzene rings is 2. The van der Waals surface area contributed by atoms with Crippen molar-refractivity contribution in [3.8, 4) is 11.4 Å². The third kappa shape index (κ3) is 2.02. The molecule has 0 radical (unpaired) electrons. The van der Waals surface area contributed by atoms with E-state index in [0.717, 1.165) is 28.0 Å². The zero-order valence-electron chi connectivity index (χ0n) is 14.0. The number of ether oxygens (including phenoxy) is 1. The topological polar surface area (TPSA) is 61.4 Å². The summed E-state index contributed by atoms with van der Waals surface area (Å²) in [6.45, 7) is 0. The van der Waals surface area contributed by atoms with Crippen molar-refractivity contribution in [2.45, 2.75) is 0 Å².